The van der Waals surface area contributed by atoms with Gasteiger partial charge in [0.15, 0.2) is 0 Å². The van der Waals surface area contributed by atoms with Crippen LogP contribution in [0.25, 0.3) is 0 Å². The Morgan fingerprint density at radius 2 is 2.04 bits per heavy atom. The van der Waals surface area contributed by atoms with Crippen LogP contribution in [0.4, 0.5) is 0 Å². The third kappa shape index (κ3) is 3.36. The molecule has 0 aliphatic carbocycles. The van der Waals surface area contributed by atoms with Crippen LogP contribution in [0.5, 0.6) is 0 Å². The molecule has 1 aromatic carbocycles. The molecule has 1 aliphatic rings. The molecule has 0 unspecified atom stereocenters. The zero-order chi connectivity index (χ0) is 17.1. The summed E-state index contributed by atoms with van der Waals surface area (Å²) in [5, 5.41) is 4.68. The fourth-order valence-corrected chi connectivity index (χ4v) is 3.93. The molecule has 0 saturated carbocycles. The van der Waals surface area contributed by atoms with Crippen LogP contribution in [0.2, 0.25) is 0 Å². The number of amides is 2. The molecule has 5 heteroatoms. The topological polar surface area (TPSA) is 49.4 Å². The van der Waals surface area contributed by atoms with Crippen LogP contribution < -0.4 is 5.32 Å². The molecule has 0 radical (unpaired) electrons. The van der Waals surface area contributed by atoms with E-state index < -0.39 is 6.04 Å². The molecule has 24 heavy (non-hydrogen) atoms. The van der Waals surface area contributed by atoms with Crippen molar-refractivity contribution >= 4 is 23.2 Å². The maximum atomic E-state index is 12.9. The van der Waals surface area contributed by atoms with Gasteiger partial charge in [-0.15, -0.1) is 11.3 Å². The average molecular weight is 342 g/mol. The molecular weight excluding hydrogens is 320 g/mol. The Balaban J connectivity index is 1.71. The van der Waals surface area contributed by atoms with Crippen molar-refractivity contribution in [1.82, 2.24) is 10.2 Å². The van der Waals surface area contributed by atoms with Crippen LogP contribution in [-0.2, 0) is 4.79 Å². The molecule has 1 aliphatic heterocycles. The first kappa shape index (κ1) is 16.7. The van der Waals surface area contributed by atoms with Crippen molar-refractivity contribution < 1.29 is 9.59 Å². The predicted octanol–water partition coefficient (Wildman–Crippen LogP) is 3.54. The standard InChI is InChI=1S/C19H22N2O2S/c1-13-7-3-4-8-15(13)16-9-5-11-21(16)19(23)14(2)20-18(22)17-10-6-12-24-17/h3-4,6-8,10,12,14,16H,5,9,11H2,1-2H3,(H,20,22)/t14-,16-/m0/s1. The van der Waals surface area contributed by atoms with E-state index in [4.69, 9.17) is 0 Å². The summed E-state index contributed by atoms with van der Waals surface area (Å²) in [5.41, 5.74) is 2.41. The van der Waals surface area contributed by atoms with Crippen molar-refractivity contribution in [3.8, 4) is 0 Å². The van der Waals surface area contributed by atoms with Gasteiger partial charge in [0.25, 0.3) is 5.91 Å². The number of benzene rings is 1. The van der Waals surface area contributed by atoms with E-state index in [1.807, 2.05) is 28.5 Å². The zero-order valence-electron chi connectivity index (χ0n) is 14.0. The Morgan fingerprint density at radius 3 is 2.75 bits per heavy atom. The number of rotatable bonds is 4. The molecule has 0 spiro atoms. The van der Waals surface area contributed by atoms with Gasteiger partial charge in [-0.25, -0.2) is 0 Å². The quantitative estimate of drug-likeness (QED) is 0.924. The van der Waals surface area contributed by atoms with Crippen molar-refractivity contribution in [3.05, 3.63) is 57.8 Å². The molecule has 0 bridgehead atoms. The highest BCUT2D eigenvalue weighted by Gasteiger charge is 2.33. The highest BCUT2D eigenvalue weighted by atomic mass is 32.1. The molecule has 1 saturated heterocycles. The molecule has 3 rings (SSSR count). The third-order valence-electron chi connectivity index (χ3n) is 4.55. The number of carbonyl (C=O) groups is 2. The smallest absolute Gasteiger partial charge is 0.261 e. The van der Waals surface area contributed by atoms with Crippen LogP contribution in [-0.4, -0.2) is 29.3 Å². The number of carbonyl (C=O) groups excluding carboxylic acids is 2. The molecule has 1 fully saturated rings. The second kappa shape index (κ2) is 7.18. The van der Waals surface area contributed by atoms with E-state index in [1.54, 1.807) is 13.0 Å². The molecule has 2 aromatic rings. The van der Waals surface area contributed by atoms with Gasteiger partial charge in [-0.2, -0.15) is 0 Å². The number of likely N-dealkylation sites (tertiary alicyclic amines) is 1. The van der Waals surface area contributed by atoms with Crippen LogP contribution in [0, 0.1) is 6.92 Å². The first-order valence-corrected chi connectivity index (χ1v) is 9.16. The van der Waals surface area contributed by atoms with Gasteiger partial charge in [0, 0.05) is 6.54 Å². The molecular formula is C19H22N2O2S. The summed E-state index contributed by atoms with van der Waals surface area (Å²) in [5.74, 6) is -0.192. The van der Waals surface area contributed by atoms with Crippen LogP contribution in [0.3, 0.4) is 0 Å². The van der Waals surface area contributed by atoms with Gasteiger partial charge >= 0.3 is 0 Å². The maximum Gasteiger partial charge on any atom is 0.261 e. The van der Waals surface area contributed by atoms with Crippen molar-refractivity contribution in [1.29, 1.82) is 0 Å². The number of nitrogens with one attached hydrogen (secondary N) is 1. The summed E-state index contributed by atoms with van der Waals surface area (Å²) < 4.78 is 0. The van der Waals surface area contributed by atoms with Crippen molar-refractivity contribution in [2.45, 2.75) is 38.8 Å². The highest BCUT2D eigenvalue weighted by Crippen LogP contribution is 2.34. The average Bonchev–Trinajstić information content (AvgIpc) is 3.26. The summed E-state index contributed by atoms with van der Waals surface area (Å²) in [4.78, 5) is 27.6. The van der Waals surface area contributed by atoms with Gasteiger partial charge in [0.1, 0.15) is 6.04 Å². The minimum Gasteiger partial charge on any atom is -0.340 e. The van der Waals surface area contributed by atoms with E-state index in [-0.39, 0.29) is 17.9 Å². The van der Waals surface area contributed by atoms with E-state index in [0.717, 1.165) is 19.4 Å². The second-order valence-corrected chi connectivity index (χ2v) is 7.17. The number of hydrogen-bond acceptors (Lipinski definition) is 3. The van der Waals surface area contributed by atoms with Crippen LogP contribution >= 0.6 is 11.3 Å². The molecule has 2 amide bonds. The Hall–Kier alpha value is -2.14. The van der Waals surface area contributed by atoms with E-state index in [1.165, 1.54) is 22.5 Å². The Kier molecular flexibility index (Phi) is 5.00. The maximum absolute atomic E-state index is 12.9. The van der Waals surface area contributed by atoms with Gasteiger partial charge in [0.2, 0.25) is 5.91 Å². The van der Waals surface area contributed by atoms with Crippen LogP contribution in [0.1, 0.15) is 46.6 Å². The number of aryl methyl sites for hydroxylation is 1. The SMILES string of the molecule is Cc1ccccc1[C@@H]1CCCN1C(=O)[C@H](C)NC(=O)c1cccs1. The van der Waals surface area contributed by atoms with Crippen molar-refractivity contribution in [3.63, 3.8) is 0 Å². The predicted molar refractivity (Wildman–Crippen MR) is 96.1 cm³/mol. The van der Waals surface area contributed by atoms with Gasteiger partial charge in [-0.05, 0) is 49.3 Å². The van der Waals surface area contributed by atoms with E-state index in [2.05, 4.69) is 24.4 Å². The number of nitrogens with zero attached hydrogens (tertiary/aromatic N) is 1. The minimum absolute atomic E-state index is 0.00865. The summed E-state index contributed by atoms with van der Waals surface area (Å²) in [6, 6.07) is 11.4. The van der Waals surface area contributed by atoms with Crippen molar-refractivity contribution in [2.24, 2.45) is 0 Å². The van der Waals surface area contributed by atoms with E-state index in [9.17, 15) is 9.59 Å². The van der Waals surface area contributed by atoms with Gasteiger partial charge < -0.3 is 10.2 Å². The largest absolute Gasteiger partial charge is 0.340 e. The highest BCUT2D eigenvalue weighted by molar-refractivity contribution is 7.12. The van der Waals surface area contributed by atoms with Gasteiger partial charge in [0.05, 0.1) is 10.9 Å². The number of thiophene rings is 1. The normalized spacial score (nSPS) is 18.4. The Bertz CT molecular complexity index is 727. The first-order valence-electron chi connectivity index (χ1n) is 8.28. The lowest BCUT2D eigenvalue weighted by Gasteiger charge is -2.29. The minimum atomic E-state index is -0.524. The van der Waals surface area contributed by atoms with Crippen molar-refractivity contribution in [2.75, 3.05) is 6.54 Å². The summed E-state index contributed by atoms with van der Waals surface area (Å²) >= 11 is 1.38. The molecule has 2 heterocycles. The summed E-state index contributed by atoms with van der Waals surface area (Å²) in [6.45, 7) is 4.59. The van der Waals surface area contributed by atoms with Crippen LogP contribution in [0.15, 0.2) is 41.8 Å². The van der Waals surface area contributed by atoms with E-state index in [0.29, 0.717) is 4.88 Å². The Labute approximate surface area is 146 Å². The fraction of sp³-hybridized carbons (Fsp3) is 0.368. The monoisotopic (exact) mass is 342 g/mol. The Morgan fingerprint density at radius 1 is 1.25 bits per heavy atom. The summed E-state index contributed by atoms with van der Waals surface area (Å²) in [6.07, 6.45) is 1.97. The molecule has 1 N–H and O–H groups in total. The van der Waals surface area contributed by atoms with Gasteiger partial charge in [-0.3, -0.25) is 9.59 Å². The fourth-order valence-electron chi connectivity index (χ4n) is 3.30. The van der Waals surface area contributed by atoms with E-state index >= 15 is 0 Å². The lowest BCUT2D eigenvalue weighted by Crippen LogP contribution is -2.46. The lowest BCUT2D eigenvalue weighted by atomic mass is 9.99. The molecule has 2 atom stereocenters. The lowest BCUT2D eigenvalue weighted by molar-refractivity contribution is -0.133. The molecule has 4 nitrogen and oxygen atoms in total. The molecule has 126 valence electrons. The first-order chi connectivity index (χ1) is 11.6. The molecule has 1 aromatic heterocycles. The third-order valence-corrected chi connectivity index (χ3v) is 5.41. The number of hydrogen-bond donors (Lipinski definition) is 1. The summed E-state index contributed by atoms with van der Waals surface area (Å²) in [7, 11) is 0. The second-order valence-electron chi connectivity index (χ2n) is 6.22. The zero-order valence-corrected chi connectivity index (χ0v) is 14.8. The van der Waals surface area contributed by atoms with Gasteiger partial charge in [-0.1, -0.05) is 30.3 Å².